The van der Waals surface area contributed by atoms with Crippen molar-refractivity contribution in [3.8, 4) is 0 Å². The molecule has 2 saturated heterocycles. The predicted molar refractivity (Wildman–Crippen MR) is 101 cm³/mol. The zero-order valence-corrected chi connectivity index (χ0v) is 16.6. The van der Waals surface area contributed by atoms with E-state index in [0.717, 1.165) is 5.56 Å². The van der Waals surface area contributed by atoms with Gasteiger partial charge in [-0.15, -0.1) is 11.8 Å². The Hall–Kier alpha value is -2.55. The van der Waals surface area contributed by atoms with Crippen molar-refractivity contribution >= 4 is 35.5 Å². The molecule has 3 atom stereocenters. The molecular formula is C19H22N2O6S. The van der Waals surface area contributed by atoms with Crippen molar-refractivity contribution in [3.05, 3.63) is 35.9 Å². The smallest absolute Gasteiger partial charge is 0.334 e. The van der Waals surface area contributed by atoms with Gasteiger partial charge in [-0.2, -0.15) is 0 Å². The number of thioether (sulfide) groups is 1. The zero-order valence-electron chi connectivity index (χ0n) is 15.8. The lowest BCUT2D eigenvalue weighted by atomic mass is 9.81. The molecule has 0 saturated carbocycles. The molecule has 2 aliphatic rings. The summed E-state index contributed by atoms with van der Waals surface area (Å²) in [6.07, 6.45) is 0.128. The van der Waals surface area contributed by atoms with Crippen molar-refractivity contribution < 1.29 is 29.0 Å². The molecule has 0 aliphatic carbocycles. The largest absolute Gasteiger partial charge is 0.479 e. The fourth-order valence-corrected chi connectivity index (χ4v) is 5.44. The van der Waals surface area contributed by atoms with E-state index < -0.39 is 46.2 Å². The van der Waals surface area contributed by atoms with Gasteiger partial charge in [0.25, 0.3) is 0 Å². The number of aliphatic carboxylic acids is 1. The number of carbonyl (C=O) groups is 4. The molecule has 0 bridgehead atoms. The molecule has 0 spiro atoms. The molecule has 9 heteroatoms. The van der Waals surface area contributed by atoms with E-state index in [9.17, 15) is 24.3 Å². The van der Waals surface area contributed by atoms with Gasteiger partial charge in [-0.05, 0) is 19.4 Å². The number of amides is 2. The molecule has 0 aromatic heterocycles. The third-order valence-electron chi connectivity index (χ3n) is 5.23. The van der Waals surface area contributed by atoms with E-state index >= 15 is 0 Å². The molecule has 0 radical (unpaired) electrons. The number of β-lactam (4-membered cyclic amide) rings is 1. The number of benzene rings is 1. The second-order valence-corrected chi connectivity index (χ2v) is 9.12. The topological polar surface area (TPSA) is 113 Å². The van der Waals surface area contributed by atoms with Crippen LogP contribution in [-0.4, -0.2) is 62.1 Å². The monoisotopic (exact) mass is 406 g/mol. The van der Waals surface area contributed by atoms with Gasteiger partial charge in [0.1, 0.15) is 18.0 Å². The number of carboxylic acid groups (broad SMARTS) is 1. The molecule has 1 aromatic rings. The number of hydrogen-bond donors (Lipinski definition) is 2. The van der Waals surface area contributed by atoms with E-state index in [1.54, 1.807) is 13.8 Å². The van der Waals surface area contributed by atoms with Crippen LogP contribution in [0.3, 0.4) is 0 Å². The molecule has 150 valence electrons. The van der Waals surface area contributed by atoms with Gasteiger partial charge in [-0.1, -0.05) is 30.3 Å². The highest BCUT2D eigenvalue weighted by molar-refractivity contribution is 8.01. The van der Waals surface area contributed by atoms with Gasteiger partial charge in [-0.3, -0.25) is 14.4 Å². The van der Waals surface area contributed by atoms with E-state index in [2.05, 4.69) is 5.32 Å². The van der Waals surface area contributed by atoms with Gasteiger partial charge in [0.05, 0.1) is 11.2 Å². The summed E-state index contributed by atoms with van der Waals surface area (Å²) in [6, 6.07) is 8.32. The van der Waals surface area contributed by atoms with Crippen LogP contribution in [0.25, 0.3) is 0 Å². The lowest BCUT2D eigenvalue weighted by Crippen LogP contribution is -2.77. The molecule has 1 unspecified atom stereocenters. The van der Waals surface area contributed by atoms with Gasteiger partial charge in [-0.25, -0.2) is 4.79 Å². The van der Waals surface area contributed by atoms with Gasteiger partial charge < -0.3 is 20.1 Å². The molecule has 2 amide bonds. The van der Waals surface area contributed by atoms with Gasteiger partial charge in [0, 0.05) is 6.92 Å². The van der Waals surface area contributed by atoms with Crippen LogP contribution in [0.15, 0.2) is 30.3 Å². The average Bonchev–Trinajstić information content (AvgIpc) is 2.84. The minimum atomic E-state index is -1.69. The first-order chi connectivity index (χ1) is 13.1. The standard InChI is InChI=1S/C19H22N2O6S/c1-11(22)27-10-19(17(25)26)18(2,3)28-16-14(15(24)21(16)19)20-13(23)9-12-7-5-4-6-8-12/h4-8,14,16H,9-10H2,1-3H3,(H,20,23)(H,25,26)/t14?,16-,19+/m1/s1. The van der Waals surface area contributed by atoms with Gasteiger partial charge >= 0.3 is 11.9 Å². The summed E-state index contributed by atoms with van der Waals surface area (Å²) in [5, 5.41) is 12.1. The second-order valence-electron chi connectivity index (χ2n) is 7.38. The molecule has 2 aliphatic heterocycles. The number of esters is 1. The Morgan fingerprint density at radius 3 is 2.46 bits per heavy atom. The third-order valence-corrected chi connectivity index (χ3v) is 6.88. The number of carbonyl (C=O) groups excluding carboxylic acids is 3. The summed E-state index contributed by atoms with van der Waals surface area (Å²) in [5.41, 5.74) is -0.871. The maximum Gasteiger partial charge on any atom is 0.334 e. The second kappa shape index (κ2) is 7.12. The zero-order chi connectivity index (χ0) is 20.7. The van der Waals surface area contributed by atoms with E-state index in [1.807, 2.05) is 30.3 Å². The van der Waals surface area contributed by atoms with Crippen LogP contribution in [0.5, 0.6) is 0 Å². The van der Waals surface area contributed by atoms with E-state index in [-0.39, 0.29) is 12.3 Å². The summed E-state index contributed by atoms with van der Waals surface area (Å²) in [4.78, 5) is 49.8. The van der Waals surface area contributed by atoms with Crippen molar-refractivity contribution in [1.29, 1.82) is 0 Å². The Bertz CT molecular complexity index is 827. The minimum absolute atomic E-state index is 0.128. The molecular weight excluding hydrogens is 384 g/mol. The highest BCUT2D eigenvalue weighted by atomic mass is 32.2. The van der Waals surface area contributed by atoms with Crippen LogP contribution in [0.1, 0.15) is 26.3 Å². The van der Waals surface area contributed by atoms with E-state index in [0.29, 0.717) is 0 Å². The normalized spacial score (nSPS) is 27.5. The summed E-state index contributed by atoms with van der Waals surface area (Å²) in [7, 11) is 0. The number of carboxylic acids is 1. The van der Waals surface area contributed by atoms with Crippen LogP contribution in [0.4, 0.5) is 0 Å². The Labute approximate surface area is 166 Å². The first kappa shape index (κ1) is 20.2. The van der Waals surface area contributed by atoms with E-state index in [1.165, 1.54) is 23.6 Å². The number of fused-ring (bicyclic) bond motifs is 1. The number of ether oxygens (including phenoxy) is 1. The Morgan fingerprint density at radius 2 is 1.89 bits per heavy atom. The van der Waals surface area contributed by atoms with Crippen LogP contribution in [-0.2, 0) is 30.3 Å². The lowest BCUT2D eigenvalue weighted by molar-refractivity contribution is -0.179. The van der Waals surface area contributed by atoms with Crippen molar-refractivity contribution in [1.82, 2.24) is 10.2 Å². The van der Waals surface area contributed by atoms with Crippen molar-refractivity contribution in [2.45, 2.75) is 48.9 Å². The maximum absolute atomic E-state index is 12.8. The fourth-order valence-electron chi connectivity index (χ4n) is 3.69. The SMILES string of the molecule is CC(=O)OC[C@@]1(C(=O)O)N2C(=O)C(NC(=O)Cc3ccccc3)[C@H]2SC1(C)C. The first-order valence-corrected chi connectivity index (χ1v) is 9.69. The quantitative estimate of drug-likeness (QED) is 0.531. The summed E-state index contributed by atoms with van der Waals surface area (Å²) in [5.74, 6) is -2.66. The van der Waals surface area contributed by atoms with E-state index in [4.69, 9.17) is 4.74 Å². The Balaban J connectivity index is 1.77. The van der Waals surface area contributed by atoms with Crippen LogP contribution in [0, 0.1) is 0 Å². The third kappa shape index (κ3) is 3.13. The summed E-state index contributed by atoms with van der Waals surface area (Å²) >= 11 is 1.28. The van der Waals surface area contributed by atoms with Crippen LogP contribution < -0.4 is 5.32 Å². The van der Waals surface area contributed by atoms with Crippen LogP contribution >= 0.6 is 11.8 Å². The van der Waals surface area contributed by atoms with Crippen molar-refractivity contribution in [3.63, 3.8) is 0 Å². The first-order valence-electron chi connectivity index (χ1n) is 8.81. The number of rotatable bonds is 6. The number of nitrogens with one attached hydrogen (secondary N) is 1. The summed E-state index contributed by atoms with van der Waals surface area (Å²) < 4.78 is 4.08. The number of hydrogen-bond acceptors (Lipinski definition) is 6. The lowest BCUT2D eigenvalue weighted by Gasteiger charge is -2.49. The average molecular weight is 406 g/mol. The molecule has 3 rings (SSSR count). The fraction of sp³-hybridized carbons (Fsp3) is 0.474. The molecule has 2 fully saturated rings. The number of nitrogens with zero attached hydrogens (tertiary/aromatic N) is 1. The van der Waals surface area contributed by atoms with Crippen LogP contribution in [0.2, 0.25) is 0 Å². The molecule has 8 nitrogen and oxygen atoms in total. The Kier molecular flexibility index (Phi) is 5.14. The molecule has 28 heavy (non-hydrogen) atoms. The van der Waals surface area contributed by atoms with Crippen molar-refractivity contribution in [2.24, 2.45) is 0 Å². The molecule has 2 heterocycles. The van der Waals surface area contributed by atoms with Gasteiger partial charge in [0.2, 0.25) is 11.8 Å². The maximum atomic E-state index is 12.8. The Morgan fingerprint density at radius 1 is 1.25 bits per heavy atom. The molecule has 2 N–H and O–H groups in total. The molecule has 1 aromatic carbocycles. The highest BCUT2D eigenvalue weighted by Crippen LogP contribution is 2.56. The summed E-state index contributed by atoms with van der Waals surface area (Å²) in [6.45, 7) is 4.14. The highest BCUT2D eigenvalue weighted by Gasteiger charge is 2.73. The predicted octanol–water partition coefficient (Wildman–Crippen LogP) is 0.794. The van der Waals surface area contributed by atoms with Gasteiger partial charge in [0.15, 0.2) is 5.54 Å². The van der Waals surface area contributed by atoms with Crippen molar-refractivity contribution in [2.75, 3.05) is 6.61 Å². The minimum Gasteiger partial charge on any atom is -0.479 e.